The van der Waals surface area contributed by atoms with Gasteiger partial charge in [-0.3, -0.25) is 0 Å². The van der Waals surface area contributed by atoms with E-state index in [4.69, 9.17) is 4.42 Å². The van der Waals surface area contributed by atoms with Crippen LogP contribution in [0.4, 0.5) is 17.1 Å². The van der Waals surface area contributed by atoms with Crippen LogP contribution in [0, 0.1) is 0 Å². The molecular formula is C44H30N2O. The second kappa shape index (κ2) is 10.9. The molecule has 1 aliphatic carbocycles. The summed E-state index contributed by atoms with van der Waals surface area (Å²) in [6.45, 7) is 4.22. The lowest BCUT2D eigenvalue weighted by atomic mass is 10.0. The first-order valence-electron chi connectivity index (χ1n) is 15.9. The standard InChI is InChI=1S/C44H30N2O/c1-30-13-5-6-22-40-39-26-25-36(29-43(39)47-44(30)40)45(33-16-3-2-4-17-33)34-18-11-14-31(27-34)32-15-12-19-35(28-32)46-41-23-9-7-20-37(41)38-21-8-10-24-42(38)46/h2-29H,1H2. The summed E-state index contributed by atoms with van der Waals surface area (Å²) >= 11 is 0. The Morgan fingerprint density at radius 1 is 0.511 bits per heavy atom. The van der Waals surface area contributed by atoms with Crippen LogP contribution in [0.2, 0.25) is 0 Å². The first-order chi connectivity index (χ1) is 23.2. The van der Waals surface area contributed by atoms with Crippen LogP contribution in [0.3, 0.4) is 0 Å². The number of hydrogen-bond donors (Lipinski definition) is 0. The largest absolute Gasteiger partial charge is 0.455 e. The van der Waals surface area contributed by atoms with E-state index < -0.39 is 0 Å². The number of benzene rings is 6. The molecule has 0 aliphatic heterocycles. The molecule has 0 radical (unpaired) electrons. The molecular weight excluding hydrogens is 572 g/mol. The number of para-hydroxylation sites is 3. The highest BCUT2D eigenvalue weighted by molar-refractivity contribution is 6.09. The van der Waals surface area contributed by atoms with Gasteiger partial charge >= 0.3 is 0 Å². The Hall–Kier alpha value is -6.32. The normalized spacial score (nSPS) is 12.6. The van der Waals surface area contributed by atoms with Crippen LogP contribution in [-0.4, -0.2) is 4.57 Å². The van der Waals surface area contributed by atoms with Crippen LogP contribution in [0.15, 0.2) is 175 Å². The van der Waals surface area contributed by atoms with Gasteiger partial charge in [-0.1, -0.05) is 110 Å². The first-order valence-corrected chi connectivity index (χ1v) is 15.9. The van der Waals surface area contributed by atoms with Crippen LogP contribution in [0.25, 0.3) is 61.2 Å². The lowest BCUT2D eigenvalue weighted by molar-refractivity contribution is 0.600. The monoisotopic (exact) mass is 602 g/mol. The van der Waals surface area contributed by atoms with E-state index in [2.05, 4.69) is 168 Å². The third-order valence-electron chi connectivity index (χ3n) is 9.07. The second-order valence-electron chi connectivity index (χ2n) is 11.9. The van der Waals surface area contributed by atoms with Crippen LogP contribution >= 0.6 is 0 Å². The minimum atomic E-state index is 0.818. The Morgan fingerprint density at radius 2 is 1.15 bits per heavy atom. The molecule has 0 unspecified atom stereocenters. The van der Waals surface area contributed by atoms with Gasteiger partial charge in [0.15, 0.2) is 0 Å². The summed E-state index contributed by atoms with van der Waals surface area (Å²) in [7, 11) is 0. The van der Waals surface area contributed by atoms with Crippen molar-refractivity contribution < 1.29 is 4.42 Å². The molecule has 6 aromatic carbocycles. The van der Waals surface area contributed by atoms with Crippen molar-refractivity contribution in [1.82, 2.24) is 4.57 Å². The average molecular weight is 603 g/mol. The molecule has 2 heterocycles. The summed E-state index contributed by atoms with van der Waals surface area (Å²) in [6.07, 6.45) is 8.13. The van der Waals surface area contributed by atoms with Gasteiger partial charge < -0.3 is 13.9 Å². The Bertz CT molecular complexity index is 2490. The van der Waals surface area contributed by atoms with Crippen molar-refractivity contribution in [2.75, 3.05) is 4.90 Å². The predicted molar refractivity (Wildman–Crippen MR) is 198 cm³/mol. The van der Waals surface area contributed by atoms with Gasteiger partial charge in [0.1, 0.15) is 11.3 Å². The maximum atomic E-state index is 6.42. The Balaban J connectivity index is 1.16. The van der Waals surface area contributed by atoms with Crippen LogP contribution in [-0.2, 0) is 0 Å². The highest BCUT2D eigenvalue weighted by atomic mass is 16.3. The smallest absolute Gasteiger partial charge is 0.142 e. The van der Waals surface area contributed by atoms with Crippen molar-refractivity contribution in [3.05, 3.63) is 182 Å². The molecule has 0 N–H and O–H groups in total. The minimum absolute atomic E-state index is 0.818. The number of aromatic nitrogens is 1. The van der Waals surface area contributed by atoms with Crippen molar-refractivity contribution in [3.8, 4) is 16.8 Å². The molecule has 0 saturated heterocycles. The van der Waals surface area contributed by atoms with E-state index in [1.54, 1.807) is 0 Å². The van der Waals surface area contributed by atoms with Gasteiger partial charge in [0.2, 0.25) is 0 Å². The van der Waals surface area contributed by atoms with Crippen molar-refractivity contribution >= 4 is 61.5 Å². The third kappa shape index (κ3) is 4.52. The van der Waals surface area contributed by atoms with Crippen molar-refractivity contribution in [1.29, 1.82) is 0 Å². The van der Waals surface area contributed by atoms with Crippen molar-refractivity contribution in [3.63, 3.8) is 0 Å². The van der Waals surface area contributed by atoms with E-state index in [9.17, 15) is 0 Å². The van der Waals surface area contributed by atoms with Gasteiger partial charge in [-0.25, -0.2) is 0 Å². The maximum absolute atomic E-state index is 6.42. The molecule has 8 aromatic rings. The summed E-state index contributed by atoms with van der Waals surface area (Å²) in [6, 6.07) is 51.9. The molecule has 2 aromatic heterocycles. The quantitative estimate of drug-likeness (QED) is 0.195. The predicted octanol–water partition coefficient (Wildman–Crippen LogP) is 12.3. The topological polar surface area (TPSA) is 21.3 Å². The highest BCUT2D eigenvalue weighted by Crippen LogP contribution is 2.41. The second-order valence-corrected chi connectivity index (χ2v) is 11.9. The van der Waals surface area contributed by atoms with E-state index in [1.165, 1.54) is 21.8 Å². The highest BCUT2D eigenvalue weighted by Gasteiger charge is 2.19. The third-order valence-corrected chi connectivity index (χ3v) is 9.07. The number of allylic oxidation sites excluding steroid dienone is 4. The fraction of sp³-hybridized carbons (Fsp3) is 0. The number of rotatable bonds is 5. The van der Waals surface area contributed by atoms with Crippen LogP contribution in [0.5, 0.6) is 0 Å². The summed E-state index contributed by atoms with van der Waals surface area (Å²) < 4.78 is 8.79. The summed E-state index contributed by atoms with van der Waals surface area (Å²) in [5, 5.41) is 3.60. The molecule has 0 amide bonds. The van der Waals surface area contributed by atoms with Gasteiger partial charge in [0.05, 0.1) is 11.0 Å². The molecule has 0 atom stereocenters. The zero-order valence-electron chi connectivity index (χ0n) is 25.7. The SMILES string of the molecule is C=C1C=CC=Cc2c1oc1cc(N(c3ccccc3)c3cccc(-c4cccc(-n5c6ccccc6c6ccccc65)c4)c3)ccc21. The zero-order chi connectivity index (χ0) is 31.3. The summed E-state index contributed by atoms with van der Waals surface area (Å²) in [4.78, 5) is 2.29. The molecule has 222 valence electrons. The number of nitrogens with zero attached hydrogens (tertiary/aromatic N) is 2. The van der Waals surface area contributed by atoms with Gasteiger partial charge in [0, 0.05) is 56.1 Å². The zero-order valence-corrected chi connectivity index (χ0v) is 25.7. The molecule has 0 spiro atoms. The Morgan fingerprint density at radius 3 is 1.94 bits per heavy atom. The maximum Gasteiger partial charge on any atom is 0.142 e. The number of fused-ring (bicyclic) bond motifs is 6. The molecule has 0 bridgehead atoms. The molecule has 3 nitrogen and oxygen atoms in total. The van der Waals surface area contributed by atoms with Crippen molar-refractivity contribution in [2.45, 2.75) is 0 Å². The number of hydrogen-bond acceptors (Lipinski definition) is 2. The molecule has 3 heteroatoms. The van der Waals surface area contributed by atoms with E-state index >= 15 is 0 Å². The van der Waals surface area contributed by atoms with Gasteiger partial charge in [-0.2, -0.15) is 0 Å². The van der Waals surface area contributed by atoms with Gasteiger partial charge in [0.25, 0.3) is 0 Å². The average Bonchev–Trinajstić information content (AvgIpc) is 3.60. The summed E-state index contributed by atoms with van der Waals surface area (Å²) in [5.41, 5.74) is 11.8. The molecule has 0 fully saturated rings. The van der Waals surface area contributed by atoms with Gasteiger partial charge in [-0.05, 0) is 71.8 Å². The van der Waals surface area contributed by atoms with E-state index in [0.717, 1.165) is 61.7 Å². The summed E-state index contributed by atoms with van der Waals surface area (Å²) in [5.74, 6) is 0.818. The minimum Gasteiger partial charge on any atom is -0.455 e. The van der Waals surface area contributed by atoms with Gasteiger partial charge in [-0.15, -0.1) is 0 Å². The molecule has 47 heavy (non-hydrogen) atoms. The molecule has 9 rings (SSSR count). The van der Waals surface area contributed by atoms with E-state index in [-0.39, 0.29) is 0 Å². The first kappa shape index (κ1) is 27.0. The van der Waals surface area contributed by atoms with E-state index in [1.807, 2.05) is 18.2 Å². The fourth-order valence-corrected chi connectivity index (χ4v) is 6.92. The molecule has 0 saturated carbocycles. The molecule has 1 aliphatic rings. The number of anilines is 3. The fourth-order valence-electron chi connectivity index (χ4n) is 6.92. The van der Waals surface area contributed by atoms with Crippen LogP contribution in [0.1, 0.15) is 11.3 Å². The Kier molecular flexibility index (Phi) is 6.29. The lowest BCUT2D eigenvalue weighted by Gasteiger charge is -2.26. The van der Waals surface area contributed by atoms with Crippen molar-refractivity contribution in [2.24, 2.45) is 0 Å². The lowest BCUT2D eigenvalue weighted by Crippen LogP contribution is -2.09. The Labute approximate surface area is 273 Å². The van der Waals surface area contributed by atoms with E-state index in [0.29, 0.717) is 0 Å². The van der Waals surface area contributed by atoms with Crippen LogP contribution < -0.4 is 4.90 Å². The number of furan rings is 1.